The zero-order valence-electron chi connectivity index (χ0n) is 16.3. The smallest absolute Gasteiger partial charge is 0.243 e. The Kier molecular flexibility index (Phi) is 5.81. The summed E-state index contributed by atoms with van der Waals surface area (Å²) in [5.41, 5.74) is 1.91. The van der Waals surface area contributed by atoms with Crippen LogP contribution in [0.5, 0.6) is 5.75 Å². The van der Waals surface area contributed by atoms with Gasteiger partial charge in [0.15, 0.2) is 0 Å². The normalized spacial score (nSPS) is 17.4. The van der Waals surface area contributed by atoms with Crippen molar-refractivity contribution in [1.82, 2.24) is 14.5 Å². The summed E-state index contributed by atoms with van der Waals surface area (Å²) in [6, 6.07) is 12.9. The van der Waals surface area contributed by atoms with Gasteiger partial charge in [0, 0.05) is 24.0 Å². The van der Waals surface area contributed by atoms with Crippen molar-refractivity contribution in [3.05, 3.63) is 76.3 Å². The molecule has 3 aromatic rings. The Labute approximate surface area is 179 Å². The molecule has 0 saturated carbocycles. The number of nitrogens with zero attached hydrogens (tertiary/aromatic N) is 2. The maximum Gasteiger partial charge on any atom is 0.243 e. The second-order valence-electron chi connectivity index (χ2n) is 7.32. The number of sulfonamides is 1. The van der Waals surface area contributed by atoms with Crippen molar-refractivity contribution < 1.29 is 17.5 Å². The van der Waals surface area contributed by atoms with Crippen LogP contribution in [0, 0.1) is 12.7 Å². The topological polar surface area (TPSA) is 75.3 Å². The van der Waals surface area contributed by atoms with E-state index < -0.39 is 15.8 Å². The molecule has 1 aliphatic heterocycles. The standard InChI is InChI=1S/C21H21ClFN3O3S/c1-14-10-19(6-7-20(14)23)30(27,28)26-9-8-15(12-26)21-11-17(24-25-21)13-29-18-4-2-16(22)3-5-18/h2-7,10-11,15H,8-9,12-13H2,1H3,(H,24,25)/t15-/m1/s1. The lowest BCUT2D eigenvalue weighted by Gasteiger charge is -2.16. The monoisotopic (exact) mass is 449 g/mol. The van der Waals surface area contributed by atoms with Gasteiger partial charge in [-0.25, -0.2) is 12.8 Å². The lowest BCUT2D eigenvalue weighted by molar-refractivity contribution is 0.301. The molecule has 0 aliphatic carbocycles. The zero-order valence-corrected chi connectivity index (χ0v) is 17.9. The van der Waals surface area contributed by atoms with Crippen molar-refractivity contribution in [2.45, 2.75) is 30.8 Å². The Morgan fingerprint density at radius 1 is 1.23 bits per heavy atom. The van der Waals surface area contributed by atoms with Gasteiger partial charge in [-0.05, 0) is 67.4 Å². The van der Waals surface area contributed by atoms with Gasteiger partial charge in [-0.1, -0.05) is 11.6 Å². The molecule has 1 aromatic heterocycles. The molecule has 1 aliphatic rings. The molecule has 0 bridgehead atoms. The van der Waals surface area contributed by atoms with Crippen LogP contribution in [0.4, 0.5) is 4.39 Å². The van der Waals surface area contributed by atoms with E-state index in [4.69, 9.17) is 16.3 Å². The van der Waals surface area contributed by atoms with Crippen molar-refractivity contribution in [2.75, 3.05) is 13.1 Å². The number of aromatic amines is 1. The van der Waals surface area contributed by atoms with Gasteiger partial charge in [0.2, 0.25) is 10.0 Å². The number of benzene rings is 2. The summed E-state index contributed by atoms with van der Waals surface area (Å²) < 4.78 is 46.5. The molecule has 0 radical (unpaired) electrons. The summed E-state index contributed by atoms with van der Waals surface area (Å²) in [7, 11) is -3.67. The van der Waals surface area contributed by atoms with Gasteiger partial charge in [-0.3, -0.25) is 5.10 Å². The van der Waals surface area contributed by atoms with Crippen molar-refractivity contribution >= 4 is 21.6 Å². The molecule has 1 atom stereocenters. The van der Waals surface area contributed by atoms with Gasteiger partial charge < -0.3 is 4.74 Å². The first-order chi connectivity index (χ1) is 14.3. The molecule has 9 heteroatoms. The van der Waals surface area contributed by atoms with E-state index in [1.165, 1.54) is 22.5 Å². The summed E-state index contributed by atoms with van der Waals surface area (Å²) in [6.07, 6.45) is 0.668. The molecule has 1 fully saturated rings. The minimum absolute atomic E-state index is 0.0122. The molecule has 2 aromatic carbocycles. The Hall–Kier alpha value is -2.42. The third kappa shape index (κ3) is 4.35. The highest BCUT2D eigenvalue weighted by atomic mass is 35.5. The van der Waals surface area contributed by atoms with E-state index in [-0.39, 0.29) is 10.8 Å². The molecule has 6 nitrogen and oxygen atoms in total. The van der Waals surface area contributed by atoms with E-state index in [1.54, 1.807) is 31.2 Å². The second kappa shape index (κ2) is 8.37. The SMILES string of the molecule is Cc1cc(S(=O)(=O)N2CC[C@@H](c3cc(COc4ccc(Cl)cc4)[nH]n3)C2)ccc1F. The zero-order chi connectivity index (χ0) is 21.3. The van der Waals surface area contributed by atoms with Gasteiger partial charge in [-0.2, -0.15) is 9.40 Å². The molecule has 0 unspecified atom stereocenters. The largest absolute Gasteiger partial charge is 0.487 e. The van der Waals surface area contributed by atoms with E-state index in [1.807, 2.05) is 6.07 Å². The fourth-order valence-corrected chi connectivity index (χ4v) is 5.18. The molecule has 1 N–H and O–H groups in total. The molecule has 0 amide bonds. The molecular formula is C21H21ClFN3O3S. The van der Waals surface area contributed by atoms with Gasteiger partial charge in [0.05, 0.1) is 16.3 Å². The minimum atomic E-state index is -3.67. The Bertz CT molecular complexity index is 1150. The van der Waals surface area contributed by atoms with Gasteiger partial charge in [0.25, 0.3) is 0 Å². The maximum atomic E-state index is 13.5. The van der Waals surface area contributed by atoms with Crippen LogP contribution in [-0.4, -0.2) is 36.0 Å². The third-order valence-electron chi connectivity index (χ3n) is 5.20. The fraction of sp³-hybridized carbons (Fsp3) is 0.286. The number of rotatable bonds is 6. The number of aryl methyl sites for hydroxylation is 1. The number of hydrogen-bond donors (Lipinski definition) is 1. The molecule has 158 valence electrons. The average Bonchev–Trinajstić information content (AvgIpc) is 3.39. The molecule has 4 rings (SSSR count). The van der Waals surface area contributed by atoms with Crippen LogP contribution in [0.2, 0.25) is 5.02 Å². The summed E-state index contributed by atoms with van der Waals surface area (Å²) >= 11 is 5.87. The van der Waals surface area contributed by atoms with Crippen molar-refractivity contribution in [1.29, 1.82) is 0 Å². The van der Waals surface area contributed by atoms with Crippen molar-refractivity contribution in [3.8, 4) is 5.75 Å². The quantitative estimate of drug-likeness (QED) is 0.609. The summed E-state index contributed by atoms with van der Waals surface area (Å²) in [5.74, 6) is 0.267. The van der Waals surface area contributed by atoms with Gasteiger partial charge >= 0.3 is 0 Å². The summed E-state index contributed by atoms with van der Waals surface area (Å²) in [4.78, 5) is 0.112. The van der Waals surface area contributed by atoms with E-state index in [9.17, 15) is 12.8 Å². The minimum Gasteiger partial charge on any atom is -0.487 e. The van der Waals surface area contributed by atoms with Crippen LogP contribution in [0.3, 0.4) is 0 Å². The first-order valence-electron chi connectivity index (χ1n) is 9.52. The number of nitrogens with one attached hydrogen (secondary N) is 1. The Morgan fingerprint density at radius 3 is 2.73 bits per heavy atom. The van der Waals surface area contributed by atoms with E-state index >= 15 is 0 Å². The van der Waals surface area contributed by atoms with Crippen LogP contribution in [0.25, 0.3) is 0 Å². The lowest BCUT2D eigenvalue weighted by atomic mass is 10.1. The number of halogens is 2. The highest BCUT2D eigenvalue weighted by molar-refractivity contribution is 7.89. The molecular weight excluding hydrogens is 429 g/mol. The third-order valence-corrected chi connectivity index (χ3v) is 7.31. The van der Waals surface area contributed by atoms with E-state index in [0.717, 1.165) is 11.4 Å². The molecule has 2 heterocycles. The summed E-state index contributed by atoms with van der Waals surface area (Å²) in [6.45, 7) is 2.60. The van der Waals surface area contributed by atoms with Gasteiger partial charge in [-0.15, -0.1) is 0 Å². The van der Waals surface area contributed by atoms with Crippen LogP contribution < -0.4 is 4.74 Å². The number of ether oxygens (including phenoxy) is 1. The van der Waals surface area contributed by atoms with E-state index in [2.05, 4.69) is 10.2 Å². The molecule has 1 saturated heterocycles. The number of hydrogen-bond acceptors (Lipinski definition) is 4. The summed E-state index contributed by atoms with van der Waals surface area (Å²) in [5, 5.41) is 7.94. The number of H-pyrrole nitrogens is 1. The van der Waals surface area contributed by atoms with Crippen molar-refractivity contribution in [3.63, 3.8) is 0 Å². The average molecular weight is 450 g/mol. The highest BCUT2D eigenvalue weighted by Crippen LogP contribution is 2.31. The maximum absolute atomic E-state index is 13.5. The number of aromatic nitrogens is 2. The Morgan fingerprint density at radius 2 is 2.00 bits per heavy atom. The predicted octanol–water partition coefficient (Wildman–Crippen LogP) is 4.27. The van der Waals surface area contributed by atoms with Gasteiger partial charge in [0.1, 0.15) is 18.2 Å². The van der Waals surface area contributed by atoms with Crippen LogP contribution in [0.15, 0.2) is 53.4 Å². The van der Waals surface area contributed by atoms with Crippen LogP contribution in [-0.2, 0) is 16.6 Å². The Balaban J connectivity index is 1.40. The predicted molar refractivity (Wildman–Crippen MR) is 112 cm³/mol. The first kappa shape index (κ1) is 20.8. The van der Waals surface area contributed by atoms with Crippen molar-refractivity contribution in [2.24, 2.45) is 0 Å². The molecule has 0 spiro atoms. The van der Waals surface area contributed by atoms with E-state index in [0.29, 0.717) is 42.5 Å². The highest BCUT2D eigenvalue weighted by Gasteiger charge is 2.34. The second-order valence-corrected chi connectivity index (χ2v) is 9.69. The fourth-order valence-electron chi connectivity index (χ4n) is 3.47. The van der Waals surface area contributed by atoms with Crippen LogP contribution in [0.1, 0.15) is 29.3 Å². The first-order valence-corrected chi connectivity index (χ1v) is 11.3. The lowest BCUT2D eigenvalue weighted by Crippen LogP contribution is -2.28. The molecule has 30 heavy (non-hydrogen) atoms. The van der Waals surface area contributed by atoms with Crippen LogP contribution >= 0.6 is 11.6 Å².